The van der Waals surface area contributed by atoms with E-state index in [-0.39, 0.29) is 18.6 Å². The van der Waals surface area contributed by atoms with Gasteiger partial charge in [-0.3, -0.25) is 4.79 Å². The van der Waals surface area contributed by atoms with E-state index in [0.29, 0.717) is 11.8 Å². The van der Waals surface area contributed by atoms with Crippen molar-refractivity contribution in [2.75, 3.05) is 18.8 Å². The van der Waals surface area contributed by atoms with Crippen LogP contribution >= 0.6 is 11.8 Å². The first-order valence-electron chi connectivity index (χ1n) is 7.54. The maximum absolute atomic E-state index is 12.3. The zero-order chi connectivity index (χ0) is 14.4. The Labute approximate surface area is 124 Å². The summed E-state index contributed by atoms with van der Waals surface area (Å²) in [6.45, 7) is 0.473. The Kier molecular flexibility index (Phi) is 6.01. The number of nitrogens with one attached hydrogen (secondary N) is 1. The molecule has 6 heteroatoms. The lowest BCUT2D eigenvalue weighted by atomic mass is 10.2. The molecule has 1 heterocycles. The van der Waals surface area contributed by atoms with Crippen LogP contribution in [0, 0.1) is 0 Å². The fourth-order valence-corrected chi connectivity index (χ4v) is 4.24. The van der Waals surface area contributed by atoms with Gasteiger partial charge in [0.25, 0.3) is 0 Å². The van der Waals surface area contributed by atoms with Crippen molar-refractivity contribution in [3.8, 4) is 0 Å². The highest BCUT2D eigenvalue weighted by atomic mass is 32.2. The molecular weight excluding hydrogens is 276 g/mol. The number of carboxylic acid groups (broad SMARTS) is 1. The van der Waals surface area contributed by atoms with E-state index in [1.165, 1.54) is 23.5 Å². The molecule has 2 N–H and O–H groups in total. The van der Waals surface area contributed by atoms with E-state index in [9.17, 15) is 9.59 Å². The topological polar surface area (TPSA) is 69.6 Å². The van der Waals surface area contributed by atoms with Crippen LogP contribution in [0.15, 0.2) is 0 Å². The van der Waals surface area contributed by atoms with Gasteiger partial charge >= 0.3 is 12.0 Å². The first-order chi connectivity index (χ1) is 9.66. The van der Waals surface area contributed by atoms with Crippen LogP contribution in [0.4, 0.5) is 4.79 Å². The largest absolute Gasteiger partial charge is 0.480 e. The van der Waals surface area contributed by atoms with Crippen molar-refractivity contribution in [2.45, 2.75) is 56.2 Å². The summed E-state index contributed by atoms with van der Waals surface area (Å²) in [7, 11) is 0. The van der Waals surface area contributed by atoms with Crippen molar-refractivity contribution in [1.29, 1.82) is 0 Å². The quantitative estimate of drug-likeness (QED) is 0.817. The van der Waals surface area contributed by atoms with Crippen molar-refractivity contribution in [1.82, 2.24) is 10.2 Å². The summed E-state index contributed by atoms with van der Waals surface area (Å²) in [5, 5.41) is 12.4. The van der Waals surface area contributed by atoms with Gasteiger partial charge < -0.3 is 15.3 Å². The fraction of sp³-hybridized carbons (Fsp3) is 0.857. The van der Waals surface area contributed by atoms with Crippen LogP contribution in [-0.4, -0.2) is 52.1 Å². The molecule has 0 aromatic carbocycles. The number of carbonyl (C=O) groups is 2. The molecule has 0 radical (unpaired) electrons. The molecule has 2 amide bonds. The zero-order valence-corrected chi connectivity index (χ0v) is 12.7. The summed E-state index contributed by atoms with van der Waals surface area (Å²) in [5.41, 5.74) is 0. The van der Waals surface area contributed by atoms with Crippen molar-refractivity contribution in [3.63, 3.8) is 0 Å². The van der Waals surface area contributed by atoms with Crippen LogP contribution < -0.4 is 5.32 Å². The van der Waals surface area contributed by atoms with Crippen molar-refractivity contribution in [2.24, 2.45) is 0 Å². The standard InChI is InChI=1S/C14H24N2O3S/c17-13(18)10-16(11-5-1-2-6-11)14(19)15-9-12-7-3-4-8-20-12/h11-12H,1-10H2,(H,15,19)(H,17,18). The average molecular weight is 300 g/mol. The monoisotopic (exact) mass is 300 g/mol. The fourth-order valence-electron chi connectivity index (χ4n) is 3.00. The molecule has 1 saturated heterocycles. The lowest BCUT2D eigenvalue weighted by molar-refractivity contribution is -0.138. The Balaban J connectivity index is 1.83. The Bertz CT molecular complexity index is 339. The van der Waals surface area contributed by atoms with E-state index in [1.807, 2.05) is 11.8 Å². The molecule has 20 heavy (non-hydrogen) atoms. The minimum Gasteiger partial charge on any atom is -0.480 e. The van der Waals surface area contributed by atoms with Crippen LogP contribution in [0.1, 0.15) is 44.9 Å². The number of carboxylic acids is 1. The number of carbonyl (C=O) groups excluding carboxylic acids is 1. The molecule has 2 rings (SSSR count). The molecule has 5 nitrogen and oxygen atoms in total. The zero-order valence-electron chi connectivity index (χ0n) is 11.8. The van der Waals surface area contributed by atoms with Crippen LogP contribution in [0.2, 0.25) is 0 Å². The Morgan fingerprint density at radius 3 is 2.45 bits per heavy atom. The molecule has 2 fully saturated rings. The summed E-state index contributed by atoms with van der Waals surface area (Å²) in [4.78, 5) is 24.7. The third-order valence-electron chi connectivity index (χ3n) is 4.09. The lowest BCUT2D eigenvalue weighted by Gasteiger charge is -2.29. The number of hydrogen-bond acceptors (Lipinski definition) is 3. The minimum atomic E-state index is -0.931. The summed E-state index contributed by atoms with van der Waals surface area (Å²) in [5.74, 6) is 0.237. The first kappa shape index (κ1) is 15.5. The van der Waals surface area contributed by atoms with Gasteiger partial charge in [-0.1, -0.05) is 19.3 Å². The Morgan fingerprint density at radius 1 is 1.15 bits per heavy atom. The number of rotatable bonds is 5. The number of aliphatic carboxylic acids is 1. The molecule has 0 bridgehead atoms. The molecule has 1 aliphatic carbocycles. The molecule has 1 saturated carbocycles. The Morgan fingerprint density at radius 2 is 1.85 bits per heavy atom. The molecule has 1 atom stereocenters. The van der Waals surface area contributed by atoms with Gasteiger partial charge in [0.2, 0.25) is 0 Å². The van der Waals surface area contributed by atoms with E-state index >= 15 is 0 Å². The maximum atomic E-state index is 12.3. The first-order valence-corrected chi connectivity index (χ1v) is 8.59. The number of urea groups is 1. The van der Waals surface area contributed by atoms with Gasteiger partial charge in [-0.2, -0.15) is 11.8 Å². The number of amides is 2. The minimum absolute atomic E-state index is 0.102. The number of nitrogens with zero attached hydrogens (tertiary/aromatic N) is 1. The predicted molar refractivity (Wildman–Crippen MR) is 80.1 cm³/mol. The summed E-state index contributed by atoms with van der Waals surface area (Å²) < 4.78 is 0. The van der Waals surface area contributed by atoms with Crippen molar-refractivity contribution < 1.29 is 14.7 Å². The maximum Gasteiger partial charge on any atom is 0.323 e. The van der Waals surface area contributed by atoms with Crippen LogP contribution in [-0.2, 0) is 4.79 Å². The molecule has 0 aromatic rings. The summed E-state index contributed by atoms with van der Waals surface area (Å²) >= 11 is 1.91. The van der Waals surface area contributed by atoms with Crippen LogP contribution in [0.3, 0.4) is 0 Å². The molecule has 0 spiro atoms. The normalized spacial score (nSPS) is 23.5. The number of hydrogen-bond donors (Lipinski definition) is 2. The van der Waals surface area contributed by atoms with Crippen LogP contribution in [0.25, 0.3) is 0 Å². The predicted octanol–water partition coefficient (Wildman–Crippen LogP) is 2.31. The summed E-state index contributed by atoms with van der Waals surface area (Å²) in [6.07, 6.45) is 7.68. The molecule has 114 valence electrons. The van der Waals surface area contributed by atoms with Gasteiger partial charge in [0.15, 0.2) is 0 Å². The third-order valence-corrected chi connectivity index (χ3v) is 5.49. The van der Waals surface area contributed by atoms with Gasteiger partial charge in [-0.25, -0.2) is 4.79 Å². The lowest BCUT2D eigenvalue weighted by Crippen LogP contribution is -2.49. The molecule has 0 aromatic heterocycles. The highest BCUT2D eigenvalue weighted by Crippen LogP contribution is 2.25. The van der Waals surface area contributed by atoms with E-state index in [4.69, 9.17) is 5.11 Å². The van der Waals surface area contributed by atoms with Gasteiger partial charge in [-0.05, 0) is 31.4 Å². The Hall–Kier alpha value is -0.910. The van der Waals surface area contributed by atoms with E-state index in [1.54, 1.807) is 0 Å². The van der Waals surface area contributed by atoms with Crippen LogP contribution in [0.5, 0.6) is 0 Å². The smallest absolute Gasteiger partial charge is 0.323 e. The van der Waals surface area contributed by atoms with E-state index in [0.717, 1.165) is 32.1 Å². The van der Waals surface area contributed by atoms with Gasteiger partial charge in [0.05, 0.1) is 0 Å². The highest BCUT2D eigenvalue weighted by Gasteiger charge is 2.28. The van der Waals surface area contributed by atoms with Gasteiger partial charge in [0, 0.05) is 17.8 Å². The summed E-state index contributed by atoms with van der Waals surface area (Å²) in [6, 6.07) is -0.101. The SMILES string of the molecule is O=C(O)CN(C(=O)NCC1CCCCS1)C1CCCC1. The van der Waals surface area contributed by atoms with Crippen molar-refractivity contribution in [3.05, 3.63) is 0 Å². The third kappa shape index (κ3) is 4.58. The molecular formula is C14H24N2O3S. The second kappa shape index (κ2) is 7.76. The highest BCUT2D eigenvalue weighted by molar-refractivity contribution is 7.99. The van der Waals surface area contributed by atoms with Gasteiger partial charge in [0.1, 0.15) is 6.54 Å². The van der Waals surface area contributed by atoms with Gasteiger partial charge in [-0.15, -0.1) is 0 Å². The molecule has 1 aliphatic heterocycles. The average Bonchev–Trinajstić information content (AvgIpc) is 2.97. The van der Waals surface area contributed by atoms with Crippen molar-refractivity contribution >= 4 is 23.8 Å². The second-order valence-electron chi connectivity index (χ2n) is 5.63. The van der Waals surface area contributed by atoms with E-state index < -0.39 is 5.97 Å². The molecule has 2 aliphatic rings. The van der Waals surface area contributed by atoms with E-state index in [2.05, 4.69) is 5.32 Å². The second-order valence-corrected chi connectivity index (χ2v) is 7.04. The molecule has 1 unspecified atom stereocenters. The number of thioether (sulfide) groups is 1.